The van der Waals surface area contributed by atoms with Gasteiger partial charge >= 0.3 is 0 Å². The number of carbonyl (C=O) groups excluding carboxylic acids is 1. The number of halogens is 1. The van der Waals surface area contributed by atoms with Crippen molar-refractivity contribution in [3.63, 3.8) is 0 Å². The van der Waals surface area contributed by atoms with Crippen molar-refractivity contribution in [1.29, 1.82) is 0 Å². The van der Waals surface area contributed by atoms with Gasteiger partial charge in [-0.3, -0.25) is 9.69 Å². The Morgan fingerprint density at radius 3 is 2.23 bits per heavy atom. The van der Waals surface area contributed by atoms with Crippen molar-refractivity contribution in [2.75, 3.05) is 57.9 Å². The summed E-state index contributed by atoms with van der Waals surface area (Å²) in [6.07, 6.45) is 1.70. The lowest BCUT2D eigenvalue weighted by molar-refractivity contribution is 0.0983. The normalized spacial score (nSPS) is 13.1. The van der Waals surface area contributed by atoms with E-state index in [2.05, 4.69) is 18.7 Å². The summed E-state index contributed by atoms with van der Waals surface area (Å²) in [5.41, 5.74) is 1.15. The molecule has 39 heavy (non-hydrogen) atoms. The van der Waals surface area contributed by atoms with Crippen LogP contribution in [0.2, 0.25) is 0 Å². The van der Waals surface area contributed by atoms with Crippen LogP contribution in [0, 0.1) is 0 Å². The SMILES string of the molecule is CCCCN(C)S(=O)(=O)c1ccc(C(=O)N(CCN(CC)CC)c2nc3cc4c(cc3s2)OCCO4)cc1.Cl. The number of hydrogen-bond acceptors (Lipinski definition) is 8. The number of anilines is 1. The highest BCUT2D eigenvalue weighted by molar-refractivity contribution is 7.89. The van der Waals surface area contributed by atoms with E-state index in [-0.39, 0.29) is 23.2 Å². The van der Waals surface area contributed by atoms with Crippen LogP contribution in [0.3, 0.4) is 0 Å². The molecule has 0 fully saturated rings. The molecular weight excluding hydrogens is 560 g/mol. The minimum Gasteiger partial charge on any atom is -0.486 e. The number of rotatable bonds is 12. The van der Waals surface area contributed by atoms with Crippen molar-refractivity contribution < 1.29 is 22.7 Å². The van der Waals surface area contributed by atoms with Gasteiger partial charge in [0.05, 0.1) is 15.1 Å². The summed E-state index contributed by atoms with van der Waals surface area (Å²) >= 11 is 1.42. The van der Waals surface area contributed by atoms with Crippen LogP contribution in [0.15, 0.2) is 41.3 Å². The number of sulfonamides is 1. The van der Waals surface area contributed by atoms with Gasteiger partial charge in [0.15, 0.2) is 16.6 Å². The van der Waals surface area contributed by atoms with Gasteiger partial charge in [-0.25, -0.2) is 17.7 Å². The van der Waals surface area contributed by atoms with Crippen molar-refractivity contribution in [3.05, 3.63) is 42.0 Å². The van der Waals surface area contributed by atoms with Crippen LogP contribution < -0.4 is 14.4 Å². The fourth-order valence-electron chi connectivity index (χ4n) is 4.24. The van der Waals surface area contributed by atoms with Gasteiger partial charge in [-0.15, -0.1) is 12.4 Å². The lowest BCUT2D eigenvalue weighted by atomic mass is 10.2. The number of ether oxygens (including phenoxy) is 2. The van der Waals surface area contributed by atoms with Crippen molar-refractivity contribution in [2.24, 2.45) is 0 Å². The van der Waals surface area contributed by atoms with Gasteiger partial charge in [0, 0.05) is 44.4 Å². The van der Waals surface area contributed by atoms with E-state index in [1.54, 1.807) is 24.1 Å². The minimum absolute atomic E-state index is 0. The van der Waals surface area contributed by atoms with Gasteiger partial charge in [-0.1, -0.05) is 38.5 Å². The third-order valence-corrected chi connectivity index (χ3v) is 9.60. The molecule has 0 bridgehead atoms. The molecule has 1 aliphatic rings. The van der Waals surface area contributed by atoms with E-state index in [0.29, 0.717) is 55.0 Å². The number of amides is 1. The van der Waals surface area contributed by atoms with Crippen molar-refractivity contribution in [2.45, 2.75) is 38.5 Å². The molecule has 4 rings (SSSR count). The largest absolute Gasteiger partial charge is 0.486 e. The second-order valence-electron chi connectivity index (χ2n) is 9.15. The Morgan fingerprint density at radius 2 is 1.62 bits per heavy atom. The lowest BCUT2D eigenvalue weighted by Gasteiger charge is -2.25. The van der Waals surface area contributed by atoms with E-state index in [4.69, 9.17) is 14.5 Å². The molecule has 0 aliphatic carbocycles. The van der Waals surface area contributed by atoms with Gasteiger partial charge in [0.25, 0.3) is 5.91 Å². The monoisotopic (exact) mass is 596 g/mol. The smallest absolute Gasteiger partial charge is 0.260 e. The molecule has 3 aromatic rings. The van der Waals surface area contributed by atoms with E-state index in [0.717, 1.165) is 36.1 Å². The van der Waals surface area contributed by atoms with Crippen LogP contribution in [0.25, 0.3) is 10.2 Å². The Labute approximate surface area is 241 Å². The zero-order valence-electron chi connectivity index (χ0n) is 22.9. The summed E-state index contributed by atoms with van der Waals surface area (Å²) < 4.78 is 39.5. The van der Waals surface area contributed by atoms with Crippen LogP contribution in [0.4, 0.5) is 5.13 Å². The van der Waals surface area contributed by atoms with Crippen LogP contribution in [0.5, 0.6) is 11.5 Å². The maximum absolute atomic E-state index is 13.8. The van der Waals surface area contributed by atoms with E-state index in [1.807, 2.05) is 19.1 Å². The maximum Gasteiger partial charge on any atom is 0.260 e. The van der Waals surface area contributed by atoms with Crippen LogP contribution in [0.1, 0.15) is 44.0 Å². The average molecular weight is 597 g/mol. The number of aromatic nitrogens is 1. The Kier molecular flexibility index (Phi) is 11.0. The first-order chi connectivity index (χ1) is 18.3. The summed E-state index contributed by atoms with van der Waals surface area (Å²) in [5.74, 6) is 1.11. The van der Waals surface area contributed by atoms with Crippen molar-refractivity contribution in [3.8, 4) is 11.5 Å². The third-order valence-electron chi connectivity index (χ3n) is 6.69. The highest BCUT2D eigenvalue weighted by Crippen LogP contribution is 2.39. The molecule has 12 heteroatoms. The Bertz CT molecular complexity index is 1320. The summed E-state index contributed by atoms with van der Waals surface area (Å²) in [4.78, 5) is 22.6. The molecule has 0 atom stereocenters. The molecule has 0 saturated heterocycles. The minimum atomic E-state index is -3.61. The molecule has 2 aromatic carbocycles. The first kappa shape index (κ1) is 31.1. The fraction of sp³-hybridized carbons (Fsp3) is 0.481. The number of benzene rings is 2. The standard InChI is InChI=1S/C27H36N4O5S2.ClH/c1-5-8-13-29(4)38(33,34)21-11-9-20(10-12-21)26(32)31(15-14-30(6-2)7-3)27-28-22-18-23-24(19-25(22)37-27)36-17-16-35-23;/h9-12,18-19H,5-8,13-17H2,1-4H3;1H. The predicted octanol–water partition coefficient (Wildman–Crippen LogP) is 4.90. The molecule has 9 nitrogen and oxygen atoms in total. The number of nitrogens with zero attached hydrogens (tertiary/aromatic N) is 4. The van der Waals surface area contributed by atoms with Gasteiger partial charge < -0.3 is 14.4 Å². The van der Waals surface area contributed by atoms with Crippen molar-refractivity contribution in [1.82, 2.24) is 14.2 Å². The number of thiazole rings is 1. The Morgan fingerprint density at radius 1 is 0.974 bits per heavy atom. The highest BCUT2D eigenvalue weighted by Gasteiger charge is 2.25. The molecule has 214 valence electrons. The summed E-state index contributed by atoms with van der Waals surface area (Å²) in [6, 6.07) is 9.95. The number of fused-ring (bicyclic) bond motifs is 2. The zero-order chi connectivity index (χ0) is 27.3. The summed E-state index contributed by atoms with van der Waals surface area (Å²) in [6.45, 7) is 10.5. The molecule has 0 spiro atoms. The lowest BCUT2D eigenvalue weighted by Crippen LogP contribution is -2.38. The van der Waals surface area contributed by atoms with Gasteiger partial charge in [-0.05, 0) is 43.8 Å². The first-order valence-corrected chi connectivity index (χ1v) is 15.3. The molecule has 0 radical (unpaired) electrons. The van der Waals surface area contributed by atoms with Crippen LogP contribution in [-0.2, 0) is 10.0 Å². The van der Waals surface area contributed by atoms with E-state index >= 15 is 0 Å². The quantitative estimate of drug-likeness (QED) is 0.294. The molecule has 2 heterocycles. The molecule has 0 N–H and O–H groups in total. The Hall–Kier alpha value is -2.44. The fourth-order valence-corrected chi connectivity index (χ4v) is 6.45. The molecule has 1 aromatic heterocycles. The topological polar surface area (TPSA) is 92.3 Å². The number of unbranched alkanes of at least 4 members (excludes halogenated alkanes) is 1. The molecule has 1 amide bonds. The maximum atomic E-state index is 13.8. The predicted molar refractivity (Wildman–Crippen MR) is 158 cm³/mol. The molecular formula is C27H37ClN4O5S2. The summed E-state index contributed by atoms with van der Waals surface area (Å²) in [7, 11) is -2.03. The highest BCUT2D eigenvalue weighted by atomic mass is 35.5. The molecule has 0 saturated carbocycles. The second kappa shape index (κ2) is 13.8. The van der Waals surface area contributed by atoms with E-state index in [1.165, 1.54) is 27.8 Å². The van der Waals surface area contributed by atoms with Crippen LogP contribution >= 0.6 is 23.7 Å². The third kappa shape index (κ3) is 7.01. The van der Waals surface area contributed by atoms with E-state index < -0.39 is 10.0 Å². The molecule has 0 unspecified atom stereocenters. The molecule has 1 aliphatic heterocycles. The van der Waals surface area contributed by atoms with E-state index in [9.17, 15) is 13.2 Å². The first-order valence-electron chi connectivity index (χ1n) is 13.1. The van der Waals surface area contributed by atoms with Crippen molar-refractivity contribution >= 4 is 55.0 Å². The van der Waals surface area contributed by atoms with Crippen LogP contribution in [-0.4, -0.2) is 81.5 Å². The van der Waals surface area contributed by atoms with Gasteiger partial charge in [0.2, 0.25) is 10.0 Å². The second-order valence-corrected chi connectivity index (χ2v) is 12.2. The Balaban J connectivity index is 0.00000420. The van der Waals surface area contributed by atoms with Gasteiger partial charge in [0.1, 0.15) is 13.2 Å². The zero-order valence-corrected chi connectivity index (χ0v) is 25.3. The number of hydrogen-bond donors (Lipinski definition) is 0. The van der Waals surface area contributed by atoms with Gasteiger partial charge in [-0.2, -0.15) is 0 Å². The number of carbonyl (C=O) groups is 1. The average Bonchev–Trinajstić information content (AvgIpc) is 3.34. The number of likely N-dealkylation sites (N-methyl/N-ethyl adjacent to an activating group) is 1. The summed E-state index contributed by atoms with van der Waals surface area (Å²) in [5, 5.41) is 0.579.